The predicted molar refractivity (Wildman–Crippen MR) is 89.7 cm³/mol. The maximum absolute atomic E-state index is 11.0. The van der Waals surface area contributed by atoms with Crippen LogP contribution in [0.5, 0.6) is 5.75 Å². The van der Waals surface area contributed by atoms with Crippen molar-refractivity contribution in [2.45, 2.75) is 39.5 Å². The van der Waals surface area contributed by atoms with Crippen molar-refractivity contribution in [3.05, 3.63) is 65.2 Å². The number of carboxylic acids is 1. The summed E-state index contributed by atoms with van der Waals surface area (Å²) in [6.45, 7) is 7.87. The van der Waals surface area contributed by atoms with Crippen molar-refractivity contribution >= 4 is 5.97 Å². The van der Waals surface area contributed by atoms with Crippen LogP contribution >= 0.6 is 0 Å². The number of rotatable bonds is 3. The molecule has 0 heterocycles. The van der Waals surface area contributed by atoms with E-state index in [1.165, 1.54) is 0 Å². The average Bonchev–Trinajstić information content (AvgIpc) is 2.49. The molecule has 0 radical (unpaired) electrons. The molecule has 0 spiro atoms. The largest absolute Gasteiger partial charge is 0.507 e. The molecule has 22 heavy (non-hydrogen) atoms. The molecule has 2 rings (SSSR count). The molecule has 3 heteroatoms. The van der Waals surface area contributed by atoms with Crippen molar-refractivity contribution in [3.8, 4) is 5.75 Å². The normalized spacial score (nSPS) is 10.3. The second-order valence-electron chi connectivity index (χ2n) is 5.78. The van der Waals surface area contributed by atoms with Crippen molar-refractivity contribution in [2.24, 2.45) is 0 Å². The molecule has 0 aromatic heterocycles. The first-order valence-corrected chi connectivity index (χ1v) is 7.44. The van der Waals surface area contributed by atoms with Crippen LogP contribution in [0.15, 0.2) is 48.5 Å². The van der Waals surface area contributed by atoms with Crippen LogP contribution in [0, 0.1) is 0 Å². The molecule has 2 aromatic carbocycles. The molecule has 0 unspecified atom stereocenters. The lowest BCUT2D eigenvalue weighted by molar-refractivity contribution is 0.0693. The highest BCUT2D eigenvalue weighted by Crippen LogP contribution is 2.32. The topological polar surface area (TPSA) is 57.5 Å². The molecular formula is C19H24O3. The Hall–Kier alpha value is -2.29. The fraction of sp³-hybridized carbons (Fsp3) is 0.316. The number of aromatic carboxylic acids is 1. The van der Waals surface area contributed by atoms with Gasteiger partial charge in [-0.2, -0.15) is 0 Å². The van der Waals surface area contributed by atoms with Gasteiger partial charge < -0.3 is 10.2 Å². The summed E-state index contributed by atoms with van der Waals surface area (Å²) in [5.74, 6) is -0.832. The Morgan fingerprint density at radius 1 is 0.864 bits per heavy atom. The quantitative estimate of drug-likeness (QED) is 0.836. The molecule has 0 saturated heterocycles. The standard InChI is InChI=1S/C13H18O3.C6H6/c1-7(2)9-5-10(8(3)4)12(14)11(6-9)13(15)16;1-2-4-6-5-3-1/h5-8,14H,1-4H3,(H,15,16);1-6H. The molecule has 0 bridgehead atoms. The summed E-state index contributed by atoms with van der Waals surface area (Å²) in [5.41, 5.74) is 1.64. The fourth-order valence-electron chi connectivity index (χ4n) is 2.00. The van der Waals surface area contributed by atoms with Crippen LogP contribution < -0.4 is 0 Å². The number of hydrogen-bond acceptors (Lipinski definition) is 2. The van der Waals surface area contributed by atoms with Crippen LogP contribution in [0.25, 0.3) is 0 Å². The number of hydrogen-bond donors (Lipinski definition) is 2. The zero-order chi connectivity index (χ0) is 16.7. The van der Waals surface area contributed by atoms with Crippen molar-refractivity contribution in [3.63, 3.8) is 0 Å². The smallest absolute Gasteiger partial charge is 0.339 e. The van der Waals surface area contributed by atoms with E-state index >= 15 is 0 Å². The van der Waals surface area contributed by atoms with Gasteiger partial charge in [-0.15, -0.1) is 0 Å². The van der Waals surface area contributed by atoms with E-state index in [0.717, 1.165) is 5.56 Å². The number of benzene rings is 2. The van der Waals surface area contributed by atoms with E-state index in [-0.39, 0.29) is 23.1 Å². The molecule has 0 aliphatic heterocycles. The first kappa shape index (κ1) is 17.8. The van der Waals surface area contributed by atoms with E-state index in [9.17, 15) is 9.90 Å². The van der Waals surface area contributed by atoms with Crippen LogP contribution in [0.4, 0.5) is 0 Å². The van der Waals surface area contributed by atoms with Gasteiger partial charge in [-0.25, -0.2) is 4.79 Å². The molecule has 0 amide bonds. The summed E-state index contributed by atoms with van der Waals surface area (Å²) in [4.78, 5) is 11.0. The molecule has 0 saturated carbocycles. The van der Waals surface area contributed by atoms with E-state index in [2.05, 4.69) is 0 Å². The van der Waals surface area contributed by atoms with Gasteiger partial charge in [0.15, 0.2) is 0 Å². The van der Waals surface area contributed by atoms with Gasteiger partial charge >= 0.3 is 5.97 Å². The molecule has 3 nitrogen and oxygen atoms in total. The molecule has 0 atom stereocenters. The molecule has 118 valence electrons. The Kier molecular flexibility index (Phi) is 6.64. The lowest BCUT2D eigenvalue weighted by Gasteiger charge is -2.15. The van der Waals surface area contributed by atoms with Gasteiger partial charge in [-0.05, 0) is 29.0 Å². The highest BCUT2D eigenvalue weighted by Gasteiger charge is 2.18. The third-order valence-electron chi connectivity index (χ3n) is 3.35. The SMILES string of the molecule is CC(C)c1cc(C(=O)O)c(O)c(C(C)C)c1.c1ccccc1. The van der Waals surface area contributed by atoms with Gasteiger partial charge in [0.2, 0.25) is 0 Å². The Morgan fingerprint density at radius 2 is 1.32 bits per heavy atom. The van der Waals surface area contributed by atoms with Gasteiger partial charge in [-0.3, -0.25) is 0 Å². The zero-order valence-electron chi connectivity index (χ0n) is 13.6. The summed E-state index contributed by atoms with van der Waals surface area (Å²) in [6, 6.07) is 15.4. The molecule has 2 N–H and O–H groups in total. The zero-order valence-corrected chi connectivity index (χ0v) is 13.6. The van der Waals surface area contributed by atoms with Crippen LogP contribution in [0.2, 0.25) is 0 Å². The number of aromatic hydroxyl groups is 1. The molecular weight excluding hydrogens is 276 g/mol. The molecule has 0 fully saturated rings. The van der Waals surface area contributed by atoms with Crippen molar-refractivity contribution in [1.82, 2.24) is 0 Å². The second kappa shape index (κ2) is 8.23. The summed E-state index contributed by atoms with van der Waals surface area (Å²) in [5, 5.41) is 18.9. The van der Waals surface area contributed by atoms with Crippen LogP contribution in [-0.2, 0) is 0 Å². The van der Waals surface area contributed by atoms with Gasteiger partial charge in [0, 0.05) is 0 Å². The Balaban J connectivity index is 0.000000335. The second-order valence-corrected chi connectivity index (χ2v) is 5.78. The van der Waals surface area contributed by atoms with Crippen molar-refractivity contribution < 1.29 is 15.0 Å². The van der Waals surface area contributed by atoms with Crippen LogP contribution in [-0.4, -0.2) is 16.2 Å². The van der Waals surface area contributed by atoms with Crippen molar-refractivity contribution in [1.29, 1.82) is 0 Å². The number of phenols is 1. The van der Waals surface area contributed by atoms with Gasteiger partial charge in [0.1, 0.15) is 11.3 Å². The lowest BCUT2D eigenvalue weighted by atomic mass is 9.92. The fourth-order valence-corrected chi connectivity index (χ4v) is 2.00. The summed E-state index contributed by atoms with van der Waals surface area (Å²) in [7, 11) is 0. The predicted octanol–water partition coefficient (Wildman–Crippen LogP) is 5.02. The highest BCUT2D eigenvalue weighted by molar-refractivity contribution is 5.91. The third-order valence-corrected chi connectivity index (χ3v) is 3.35. The van der Waals surface area contributed by atoms with E-state index in [0.29, 0.717) is 5.56 Å². The van der Waals surface area contributed by atoms with Gasteiger partial charge in [0.25, 0.3) is 0 Å². The Bertz CT molecular complexity index is 575. The molecule has 0 aliphatic rings. The summed E-state index contributed by atoms with van der Waals surface area (Å²) in [6.07, 6.45) is 0. The highest BCUT2D eigenvalue weighted by atomic mass is 16.4. The maximum Gasteiger partial charge on any atom is 0.339 e. The number of carbonyl (C=O) groups is 1. The van der Waals surface area contributed by atoms with Crippen LogP contribution in [0.1, 0.15) is 61.0 Å². The lowest BCUT2D eigenvalue weighted by Crippen LogP contribution is -2.03. The third kappa shape index (κ3) is 4.92. The van der Waals surface area contributed by atoms with E-state index in [1.807, 2.05) is 70.2 Å². The van der Waals surface area contributed by atoms with Gasteiger partial charge in [-0.1, -0.05) is 70.2 Å². The first-order chi connectivity index (χ1) is 10.3. The summed E-state index contributed by atoms with van der Waals surface area (Å²) < 4.78 is 0. The van der Waals surface area contributed by atoms with Crippen LogP contribution in [0.3, 0.4) is 0 Å². The van der Waals surface area contributed by atoms with Crippen molar-refractivity contribution in [2.75, 3.05) is 0 Å². The molecule has 0 aliphatic carbocycles. The average molecular weight is 300 g/mol. The monoisotopic (exact) mass is 300 g/mol. The number of carboxylic acid groups (broad SMARTS) is 1. The van der Waals surface area contributed by atoms with E-state index in [1.54, 1.807) is 6.07 Å². The minimum atomic E-state index is -1.08. The first-order valence-electron chi connectivity index (χ1n) is 7.44. The Labute approximate surface area is 132 Å². The summed E-state index contributed by atoms with van der Waals surface area (Å²) >= 11 is 0. The minimum Gasteiger partial charge on any atom is -0.507 e. The van der Waals surface area contributed by atoms with Gasteiger partial charge in [0.05, 0.1) is 0 Å². The van der Waals surface area contributed by atoms with E-state index in [4.69, 9.17) is 5.11 Å². The van der Waals surface area contributed by atoms with E-state index < -0.39 is 5.97 Å². The molecule has 2 aromatic rings. The minimum absolute atomic E-state index is 0.00472. The maximum atomic E-state index is 11.0. The Morgan fingerprint density at radius 3 is 1.64 bits per heavy atom.